The molecular formula is C17H22N4O4S. The van der Waals surface area contributed by atoms with Crippen LogP contribution in [0, 0.1) is 0 Å². The number of nitrogens with one attached hydrogen (secondary N) is 2. The van der Waals surface area contributed by atoms with Crippen molar-refractivity contribution in [3.05, 3.63) is 40.2 Å². The molecule has 0 fully saturated rings. The minimum absolute atomic E-state index is 0.0352. The Morgan fingerprint density at radius 2 is 2.00 bits per heavy atom. The molecule has 0 saturated carbocycles. The summed E-state index contributed by atoms with van der Waals surface area (Å²) in [6.07, 6.45) is 0. The van der Waals surface area contributed by atoms with Crippen molar-refractivity contribution in [2.24, 2.45) is 0 Å². The summed E-state index contributed by atoms with van der Waals surface area (Å²) in [5, 5.41) is 2.89. The van der Waals surface area contributed by atoms with E-state index in [1.54, 1.807) is 24.3 Å². The normalized spacial score (nSPS) is 10.5. The van der Waals surface area contributed by atoms with Crippen LogP contribution in [-0.4, -0.2) is 41.4 Å². The Kier molecular flexibility index (Phi) is 7.49. The third-order valence-electron chi connectivity index (χ3n) is 3.26. The van der Waals surface area contributed by atoms with Crippen LogP contribution in [0.3, 0.4) is 0 Å². The van der Waals surface area contributed by atoms with Crippen molar-refractivity contribution in [1.82, 2.24) is 9.97 Å². The number of benzene rings is 1. The lowest BCUT2D eigenvalue weighted by atomic mass is 10.2. The van der Waals surface area contributed by atoms with Gasteiger partial charge in [0, 0.05) is 17.9 Å². The first-order valence-corrected chi connectivity index (χ1v) is 9.18. The molecule has 0 spiro atoms. The zero-order valence-corrected chi connectivity index (χ0v) is 15.5. The number of H-pyrrole nitrogens is 1. The van der Waals surface area contributed by atoms with Crippen LogP contribution in [0.2, 0.25) is 0 Å². The molecule has 1 heterocycles. The Hall–Kier alpha value is -2.52. The largest absolute Gasteiger partial charge is 0.494 e. The first-order valence-electron chi connectivity index (χ1n) is 8.19. The van der Waals surface area contributed by atoms with Crippen LogP contribution in [0.15, 0.2) is 34.2 Å². The lowest BCUT2D eigenvalue weighted by Gasteiger charge is -2.09. The second-order valence-electron chi connectivity index (χ2n) is 5.09. The van der Waals surface area contributed by atoms with Gasteiger partial charge in [-0.25, -0.2) is 4.98 Å². The third kappa shape index (κ3) is 5.50. The Balaban J connectivity index is 2.06. The Labute approximate surface area is 155 Å². The number of carbonyl (C=O) groups is 1. The number of anilines is 2. The van der Waals surface area contributed by atoms with E-state index in [1.165, 1.54) is 11.8 Å². The van der Waals surface area contributed by atoms with Crippen molar-refractivity contribution in [3.8, 4) is 5.75 Å². The summed E-state index contributed by atoms with van der Waals surface area (Å²) < 4.78 is 10.6. The molecule has 4 N–H and O–H groups in total. The monoisotopic (exact) mass is 378 g/mol. The number of aromatic nitrogens is 2. The molecule has 0 atom stereocenters. The van der Waals surface area contributed by atoms with Crippen LogP contribution in [0.5, 0.6) is 5.75 Å². The van der Waals surface area contributed by atoms with Crippen molar-refractivity contribution in [2.75, 3.05) is 36.6 Å². The fraction of sp³-hybridized carbons (Fsp3) is 0.353. The summed E-state index contributed by atoms with van der Waals surface area (Å²) in [7, 11) is 0. The highest BCUT2D eigenvalue weighted by Crippen LogP contribution is 2.18. The van der Waals surface area contributed by atoms with Gasteiger partial charge in [-0.3, -0.25) is 14.6 Å². The number of carbonyl (C=O) groups excluding carboxylic acids is 1. The van der Waals surface area contributed by atoms with Crippen molar-refractivity contribution in [1.29, 1.82) is 0 Å². The maximum absolute atomic E-state index is 12.3. The molecule has 2 rings (SSSR count). The minimum Gasteiger partial charge on any atom is -0.494 e. The highest BCUT2D eigenvalue weighted by molar-refractivity contribution is 7.99. The molecule has 2 aromatic rings. The van der Waals surface area contributed by atoms with Gasteiger partial charge in [0.05, 0.1) is 13.2 Å². The summed E-state index contributed by atoms with van der Waals surface area (Å²) in [6, 6.07) is 6.58. The SMILES string of the molecule is CCOCCSc1nc(N)c(NC(=O)c2ccc(OCC)cc2)c(=O)[nH]1. The predicted molar refractivity (Wildman–Crippen MR) is 102 cm³/mol. The zero-order chi connectivity index (χ0) is 18.9. The summed E-state index contributed by atoms with van der Waals surface area (Å²) in [5.41, 5.74) is 5.63. The van der Waals surface area contributed by atoms with Gasteiger partial charge in [-0.05, 0) is 38.1 Å². The van der Waals surface area contributed by atoms with Gasteiger partial charge in [-0.2, -0.15) is 0 Å². The first-order chi connectivity index (χ1) is 12.5. The Morgan fingerprint density at radius 1 is 1.27 bits per heavy atom. The van der Waals surface area contributed by atoms with Gasteiger partial charge in [-0.15, -0.1) is 0 Å². The number of nitrogens with zero attached hydrogens (tertiary/aromatic N) is 1. The maximum atomic E-state index is 12.3. The Morgan fingerprint density at radius 3 is 2.62 bits per heavy atom. The topological polar surface area (TPSA) is 119 Å². The van der Waals surface area contributed by atoms with Crippen LogP contribution in [0.25, 0.3) is 0 Å². The van der Waals surface area contributed by atoms with Crippen molar-refractivity contribution >= 4 is 29.2 Å². The number of nitrogen functional groups attached to an aromatic ring is 1. The molecule has 0 aliphatic heterocycles. The molecule has 0 bridgehead atoms. The van der Waals surface area contributed by atoms with Gasteiger partial charge in [0.15, 0.2) is 11.0 Å². The van der Waals surface area contributed by atoms with Crippen molar-refractivity contribution in [3.63, 3.8) is 0 Å². The van der Waals surface area contributed by atoms with Crippen LogP contribution >= 0.6 is 11.8 Å². The second-order valence-corrected chi connectivity index (χ2v) is 6.17. The number of amides is 1. The number of thioether (sulfide) groups is 1. The minimum atomic E-state index is -0.504. The lowest BCUT2D eigenvalue weighted by molar-refractivity contribution is 0.102. The number of nitrogens with two attached hydrogens (primary N) is 1. The number of aromatic amines is 1. The first kappa shape index (κ1) is 19.8. The van der Waals surface area contributed by atoms with Gasteiger partial charge < -0.3 is 20.5 Å². The fourth-order valence-corrected chi connectivity index (χ4v) is 2.78. The summed E-state index contributed by atoms with van der Waals surface area (Å²) in [5.74, 6) is 0.806. The van der Waals surface area contributed by atoms with Crippen LogP contribution in [0.4, 0.5) is 11.5 Å². The summed E-state index contributed by atoms with van der Waals surface area (Å²) in [6.45, 7) is 5.49. The molecule has 0 aliphatic rings. The number of ether oxygens (including phenoxy) is 2. The van der Waals surface area contributed by atoms with E-state index in [-0.39, 0.29) is 11.5 Å². The number of hydrogen-bond donors (Lipinski definition) is 3. The zero-order valence-electron chi connectivity index (χ0n) is 14.7. The smallest absolute Gasteiger partial charge is 0.277 e. The quantitative estimate of drug-likeness (QED) is 0.347. The molecule has 1 aromatic heterocycles. The van der Waals surface area contributed by atoms with Crippen molar-refractivity contribution < 1.29 is 14.3 Å². The third-order valence-corrected chi connectivity index (χ3v) is 4.10. The van der Waals surface area contributed by atoms with E-state index in [2.05, 4.69) is 15.3 Å². The van der Waals surface area contributed by atoms with Gasteiger partial charge >= 0.3 is 0 Å². The van der Waals surface area contributed by atoms with E-state index >= 15 is 0 Å². The summed E-state index contributed by atoms with van der Waals surface area (Å²) in [4.78, 5) is 31.2. The van der Waals surface area contributed by atoms with Crippen molar-refractivity contribution in [2.45, 2.75) is 19.0 Å². The van der Waals surface area contributed by atoms with Gasteiger partial charge in [0.2, 0.25) is 0 Å². The molecule has 1 amide bonds. The number of hydrogen-bond acceptors (Lipinski definition) is 7. The van der Waals surface area contributed by atoms with E-state index < -0.39 is 11.5 Å². The molecule has 26 heavy (non-hydrogen) atoms. The number of rotatable bonds is 9. The highest BCUT2D eigenvalue weighted by atomic mass is 32.2. The fourth-order valence-electron chi connectivity index (χ4n) is 2.05. The van der Waals surface area contributed by atoms with E-state index in [0.29, 0.717) is 42.0 Å². The van der Waals surface area contributed by atoms with E-state index in [0.717, 1.165) is 0 Å². The molecule has 1 aromatic carbocycles. The molecule has 0 saturated heterocycles. The average Bonchev–Trinajstić information content (AvgIpc) is 2.62. The van der Waals surface area contributed by atoms with E-state index in [4.69, 9.17) is 15.2 Å². The molecular weight excluding hydrogens is 356 g/mol. The van der Waals surface area contributed by atoms with Gasteiger partial charge in [-0.1, -0.05) is 11.8 Å². The van der Waals surface area contributed by atoms with Crippen LogP contribution in [0.1, 0.15) is 24.2 Å². The standard InChI is InChI=1S/C17H22N4O4S/c1-3-24-9-10-26-17-20-14(18)13(16(23)21-17)19-15(22)11-5-7-12(8-6-11)25-4-2/h5-8H,3-4,9-10H2,1-2H3,(H,19,22)(H3,18,20,21,23). The molecule has 0 unspecified atom stereocenters. The molecule has 140 valence electrons. The van der Waals surface area contributed by atoms with Crippen LogP contribution < -0.4 is 21.3 Å². The van der Waals surface area contributed by atoms with E-state index in [1.807, 2.05) is 13.8 Å². The molecule has 9 heteroatoms. The highest BCUT2D eigenvalue weighted by Gasteiger charge is 2.14. The maximum Gasteiger partial charge on any atom is 0.277 e. The Bertz CT molecular complexity index is 792. The van der Waals surface area contributed by atoms with Gasteiger partial charge in [0.25, 0.3) is 11.5 Å². The molecule has 0 aliphatic carbocycles. The van der Waals surface area contributed by atoms with Gasteiger partial charge in [0.1, 0.15) is 11.4 Å². The molecule has 8 nitrogen and oxygen atoms in total. The second kappa shape index (κ2) is 9.83. The molecule has 0 radical (unpaired) electrons. The lowest BCUT2D eigenvalue weighted by Crippen LogP contribution is -2.23. The van der Waals surface area contributed by atoms with Crippen LogP contribution in [-0.2, 0) is 4.74 Å². The predicted octanol–water partition coefficient (Wildman–Crippen LogP) is 2.13. The average molecular weight is 378 g/mol. The van der Waals surface area contributed by atoms with E-state index in [9.17, 15) is 9.59 Å². The summed E-state index contributed by atoms with van der Waals surface area (Å²) >= 11 is 1.32.